The summed E-state index contributed by atoms with van der Waals surface area (Å²) in [7, 11) is 0. The molecule has 0 aromatic carbocycles. The molecule has 8 nitrogen and oxygen atoms in total. The summed E-state index contributed by atoms with van der Waals surface area (Å²) in [6.45, 7) is 3.56. The minimum absolute atomic E-state index is 0.247. The molecule has 5 heterocycles. The van der Waals surface area contributed by atoms with E-state index < -0.39 is 12.5 Å². The van der Waals surface area contributed by atoms with Crippen LogP contribution in [-0.2, 0) is 9.47 Å². The first-order valence-electron chi connectivity index (χ1n) is 11.3. The molecule has 182 valence electrons. The van der Waals surface area contributed by atoms with E-state index in [0.717, 1.165) is 5.57 Å². The highest BCUT2D eigenvalue weighted by Gasteiger charge is 2.25. The molecule has 0 radical (unpaired) electrons. The minimum Gasteiger partial charge on any atom is -0.462 e. The van der Waals surface area contributed by atoms with Crippen LogP contribution < -0.4 is 0 Å². The Kier molecular flexibility index (Phi) is 5.98. The van der Waals surface area contributed by atoms with Crippen LogP contribution in [0.5, 0.6) is 0 Å². The first kappa shape index (κ1) is 23.0. The van der Waals surface area contributed by atoms with Gasteiger partial charge in [-0.15, -0.1) is 0 Å². The maximum atomic E-state index is 13.4. The number of carbonyl (C=O) groups excluding carboxylic acids is 1. The molecule has 0 N–H and O–H groups in total. The summed E-state index contributed by atoms with van der Waals surface area (Å²) < 4.78 is 46.0. The van der Waals surface area contributed by atoms with Gasteiger partial charge in [0.2, 0.25) is 0 Å². The summed E-state index contributed by atoms with van der Waals surface area (Å²) in [6.07, 6.45) is 5.92. The summed E-state index contributed by atoms with van der Waals surface area (Å²) in [5.74, 6) is 0.503. The lowest BCUT2D eigenvalue weighted by Crippen LogP contribution is -2.08. The lowest BCUT2D eigenvalue weighted by molar-refractivity contribution is 0.0522. The van der Waals surface area contributed by atoms with Gasteiger partial charge in [0.1, 0.15) is 17.1 Å². The van der Waals surface area contributed by atoms with Crippen molar-refractivity contribution in [2.24, 2.45) is 0 Å². The highest BCUT2D eigenvalue weighted by atomic mass is 19.3. The fourth-order valence-corrected chi connectivity index (χ4v) is 4.43. The minimum atomic E-state index is -2.73. The van der Waals surface area contributed by atoms with Gasteiger partial charge < -0.3 is 13.9 Å². The number of fused-ring (bicyclic) bond motifs is 1. The largest absolute Gasteiger partial charge is 0.462 e. The third-order valence-corrected chi connectivity index (χ3v) is 6.07. The van der Waals surface area contributed by atoms with E-state index in [1.54, 1.807) is 43.7 Å². The van der Waals surface area contributed by atoms with Gasteiger partial charge in [-0.1, -0.05) is 6.08 Å². The first-order chi connectivity index (χ1) is 16.9. The summed E-state index contributed by atoms with van der Waals surface area (Å²) in [4.78, 5) is 12.7. The summed E-state index contributed by atoms with van der Waals surface area (Å²) in [6, 6.07) is 5.36. The predicted molar refractivity (Wildman–Crippen MR) is 124 cm³/mol. The quantitative estimate of drug-likeness (QED) is 0.340. The summed E-state index contributed by atoms with van der Waals surface area (Å²) in [5, 5.41) is 8.38. The number of esters is 1. The highest BCUT2D eigenvalue weighted by molar-refractivity contribution is 5.96. The van der Waals surface area contributed by atoms with E-state index in [1.807, 2.05) is 18.2 Å². The zero-order chi connectivity index (χ0) is 24.7. The maximum Gasteiger partial charge on any atom is 0.342 e. The Hall–Kier alpha value is -3.79. The Morgan fingerprint density at radius 2 is 2.11 bits per heavy atom. The Balaban J connectivity index is 1.62. The molecule has 1 aliphatic heterocycles. The molecule has 0 spiro atoms. The van der Waals surface area contributed by atoms with Crippen molar-refractivity contribution in [3.05, 3.63) is 59.4 Å². The fourth-order valence-electron chi connectivity index (χ4n) is 4.43. The normalized spacial score (nSPS) is 14.1. The fraction of sp³-hybridized carbons (Fsp3) is 0.320. The van der Waals surface area contributed by atoms with Crippen molar-refractivity contribution in [2.45, 2.75) is 33.7 Å². The second-order valence-corrected chi connectivity index (χ2v) is 8.20. The summed E-state index contributed by atoms with van der Waals surface area (Å²) >= 11 is 0. The summed E-state index contributed by atoms with van der Waals surface area (Å²) in [5.41, 5.74) is 4.78. The molecular weight excluding hydrogens is 458 g/mol. The van der Waals surface area contributed by atoms with Gasteiger partial charge in [-0.2, -0.15) is 19.0 Å². The van der Waals surface area contributed by atoms with Crippen LogP contribution in [-0.4, -0.2) is 45.2 Å². The van der Waals surface area contributed by atoms with Gasteiger partial charge in [-0.25, -0.2) is 14.0 Å². The van der Waals surface area contributed by atoms with Gasteiger partial charge >= 0.3 is 12.5 Å². The van der Waals surface area contributed by atoms with Crippen LogP contribution >= 0.6 is 0 Å². The van der Waals surface area contributed by atoms with Crippen LogP contribution in [0.15, 0.2) is 41.1 Å². The Morgan fingerprint density at radius 3 is 2.80 bits per heavy atom. The monoisotopic (exact) mass is 482 g/mol. The van der Waals surface area contributed by atoms with E-state index >= 15 is 0 Å². The average molecular weight is 482 g/mol. The lowest BCUT2D eigenvalue weighted by Gasteiger charge is -2.12. The lowest BCUT2D eigenvalue weighted by atomic mass is 10.0. The number of alkyl halides is 2. The third kappa shape index (κ3) is 4.03. The molecular formula is C25H24F2N4O4. The third-order valence-electron chi connectivity index (χ3n) is 6.07. The number of aromatic nitrogens is 4. The number of nitrogens with zero attached hydrogens (tertiary/aromatic N) is 4. The maximum absolute atomic E-state index is 13.4. The highest BCUT2D eigenvalue weighted by Crippen LogP contribution is 2.36. The van der Waals surface area contributed by atoms with Gasteiger partial charge in [0.15, 0.2) is 0 Å². The second kappa shape index (κ2) is 9.10. The SMILES string of the molecule is CCOC(=O)c1cc(-c2ccn3ncc(-c4c(C)nn(C(F)F)c4C)c3c2)oc1C1=CCOCC1. The van der Waals surface area contributed by atoms with Gasteiger partial charge in [-0.3, -0.25) is 0 Å². The predicted octanol–water partition coefficient (Wildman–Crippen LogP) is 5.45. The number of hydrogen-bond acceptors (Lipinski definition) is 6. The number of furan rings is 1. The molecule has 0 aliphatic carbocycles. The van der Waals surface area contributed by atoms with Crippen LogP contribution in [0.25, 0.3) is 33.5 Å². The molecule has 35 heavy (non-hydrogen) atoms. The molecule has 0 saturated heterocycles. The molecule has 5 rings (SSSR count). The van der Waals surface area contributed by atoms with Crippen molar-refractivity contribution < 1.29 is 27.5 Å². The van der Waals surface area contributed by atoms with Crippen molar-refractivity contribution in [3.63, 3.8) is 0 Å². The number of rotatable bonds is 6. The molecule has 4 aromatic heterocycles. The van der Waals surface area contributed by atoms with Gasteiger partial charge in [0, 0.05) is 28.6 Å². The van der Waals surface area contributed by atoms with Crippen molar-refractivity contribution >= 4 is 17.1 Å². The second-order valence-electron chi connectivity index (χ2n) is 8.20. The molecule has 0 bridgehead atoms. The number of hydrogen-bond donors (Lipinski definition) is 0. The Morgan fingerprint density at radius 1 is 1.29 bits per heavy atom. The zero-order valence-electron chi connectivity index (χ0n) is 19.5. The van der Waals surface area contributed by atoms with Crippen molar-refractivity contribution in [1.82, 2.24) is 19.4 Å². The number of pyridine rings is 1. The van der Waals surface area contributed by atoms with E-state index in [0.29, 0.717) is 75.0 Å². The molecule has 0 saturated carbocycles. The number of ether oxygens (including phenoxy) is 2. The van der Waals surface area contributed by atoms with E-state index in [1.165, 1.54) is 0 Å². The van der Waals surface area contributed by atoms with E-state index in [4.69, 9.17) is 13.9 Å². The van der Waals surface area contributed by atoms with Crippen LogP contribution in [0.2, 0.25) is 0 Å². The first-order valence-corrected chi connectivity index (χ1v) is 11.3. The van der Waals surface area contributed by atoms with Crippen molar-refractivity contribution in [2.75, 3.05) is 19.8 Å². The Labute approximate surface area is 199 Å². The number of aryl methyl sites for hydroxylation is 1. The van der Waals surface area contributed by atoms with Gasteiger partial charge in [0.05, 0.1) is 37.2 Å². The standard InChI is InChI=1S/C25H24F2N4O4/c1-4-34-24(32)18-12-21(35-23(18)16-6-9-33-10-7-16)17-5-8-30-20(11-17)19(13-28-30)22-14(2)29-31(15(22)3)25(26)27/h5-6,8,11-13,25H,4,7,9-10H2,1-3H3. The zero-order valence-corrected chi connectivity index (χ0v) is 19.5. The van der Waals surface area contributed by atoms with E-state index in [9.17, 15) is 13.6 Å². The molecule has 0 atom stereocenters. The molecule has 10 heteroatoms. The molecule has 1 aliphatic rings. The van der Waals surface area contributed by atoms with E-state index in [2.05, 4.69) is 10.2 Å². The topological polar surface area (TPSA) is 83.8 Å². The van der Waals surface area contributed by atoms with Gasteiger partial charge in [0.25, 0.3) is 0 Å². The smallest absolute Gasteiger partial charge is 0.342 e. The van der Waals surface area contributed by atoms with Crippen molar-refractivity contribution in [3.8, 4) is 22.5 Å². The van der Waals surface area contributed by atoms with Crippen LogP contribution in [0, 0.1) is 13.8 Å². The van der Waals surface area contributed by atoms with Gasteiger partial charge in [-0.05, 0) is 51.0 Å². The molecule has 0 fully saturated rings. The average Bonchev–Trinajstić information content (AvgIpc) is 3.55. The van der Waals surface area contributed by atoms with Crippen LogP contribution in [0.1, 0.15) is 47.4 Å². The Bertz CT molecular complexity index is 1450. The number of carbonyl (C=O) groups is 1. The van der Waals surface area contributed by atoms with Crippen LogP contribution in [0.4, 0.5) is 8.78 Å². The van der Waals surface area contributed by atoms with Crippen LogP contribution in [0.3, 0.4) is 0 Å². The molecule has 0 amide bonds. The molecule has 4 aromatic rings. The van der Waals surface area contributed by atoms with Crippen molar-refractivity contribution in [1.29, 1.82) is 0 Å². The molecule has 0 unspecified atom stereocenters. The van der Waals surface area contributed by atoms with E-state index in [-0.39, 0.29) is 6.61 Å². The number of halogens is 2.